The van der Waals surface area contributed by atoms with Crippen molar-refractivity contribution in [3.8, 4) is 17.2 Å². The van der Waals surface area contributed by atoms with E-state index < -0.39 is 72.1 Å². The third kappa shape index (κ3) is 12.4. The molecule has 6 N–H and O–H groups in total. The number of phenolic OH excluding ortho intramolecular Hbond substituents is 2. The van der Waals surface area contributed by atoms with Crippen LogP contribution in [0.2, 0.25) is 5.02 Å². The number of likely N-dealkylation sites (N-methyl/N-ethyl adjacent to an activating group) is 2. The Morgan fingerprint density at radius 2 is 1.62 bits per heavy atom. The highest BCUT2D eigenvalue weighted by atomic mass is 35.5. The number of aromatic hydroxyl groups is 2. The van der Waals surface area contributed by atoms with Crippen molar-refractivity contribution in [1.29, 1.82) is 0 Å². The summed E-state index contributed by atoms with van der Waals surface area (Å²) in [5.41, 5.74) is 0.396. The zero-order valence-electron chi connectivity index (χ0n) is 36.6. The van der Waals surface area contributed by atoms with Crippen LogP contribution in [0.15, 0.2) is 109 Å². The lowest BCUT2D eigenvalue weighted by Crippen LogP contribution is -2.69. The number of methoxy groups -OCH3 is 1. The minimum Gasteiger partial charge on any atom is -0.508 e. The van der Waals surface area contributed by atoms with Crippen LogP contribution in [-0.4, -0.2) is 109 Å². The van der Waals surface area contributed by atoms with E-state index >= 15 is 9.59 Å². The third-order valence-electron chi connectivity index (χ3n) is 11.1. The predicted molar refractivity (Wildman–Crippen MR) is 245 cm³/mol. The van der Waals surface area contributed by atoms with Gasteiger partial charge >= 0.3 is 5.97 Å². The number of hydrogen-bond donors (Lipinski definition) is 6. The number of phenols is 2. The van der Waals surface area contributed by atoms with E-state index in [4.69, 9.17) is 21.1 Å². The SMILES string of the molecule is CCC=CCc1ccccc1C=CC(=O)NC(Cc1ccc(O)cc1)C(=O)C(Cc1ccccc1)(C(=O)OCC1NC(=O)CNC1=O)N(C)C(=O)C(Cc1ccc(OC)c(O)c1Cl)NC. The number of amides is 4. The molecule has 1 saturated heterocycles. The molecule has 4 unspecified atom stereocenters. The number of piperazine rings is 1. The van der Waals surface area contributed by atoms with Crippen molar-refractivity contribution in [1.82, 2.24) is 26.2 Å². The normalized spacial score (nSPS) is 15.6. The van der Waals surface area contributed by atoms with Gasteiger partial charge in [0.2, 0.25) is 29.2 Å². The molecule has 0 aromatic heterocycles. The van der Waals surface area contributed by atoms with Crippen molar-refractivity contribution in [2.75, 3.05) is 34.4 Å². The summed E-state index contributed by atoms with van der Waals surface area (Å²) in [5.74, 6) is -5.14. The van der Waals surface area contributed by atoms with Gasteiger partial charge in [0.1, 0.15) is 18.4 Å². The number of carbonyl (C=O) groups excluding carboxylic acids is 6. The number of ketones is 1. The number of hydrogen-bond acceptors (Lipinski definition) is 11. The van der Waals surface area contributed by atoms with Crippen molar-refractivity contribution in [2.45, 2.75) is 62.7 Å². The molecule has 342 valence electrons. The molecule has 4 aromatic rings. The van der Waals surface area contributed by atoms with Gasteiger partial charge in [-0.2, -0.15) is 0 Å². The van der Waals surface area contributed by atoms with Crippen molar-refractivity contribution in [3.63, 3.8) is 0 Å². The molecule has 0 spiro atoms. The van der Waals surface area contributed by atoms with E-state index in [1.165, 1.54) is 45.5 Å². The summed E-state index contributed by atoms with van der Waals surface area (Å²) in [6.07, 6.45) is 7.65. The van der Waals surface area contributed by atoms with Crippen molar-refractivity contribution < 1.29 is 48.5 Å². The van der Waals surface area contributed by atoms with Crippen LogP contribution in [0.5, 0.6) is 17.2 Å². The minimum absolute atomic E-state index is 0.0504. The molecule has 1 aliphatic rings. The van der Waals surface area contributed by atoms with Crippen LogP contribution in [0.25, 0.3) is 6.08 Å². The van der Waals surface area contributed by atoms with E-state index in [-0.39, 0.29) is 41.7 Å². The zero-order valence-corrected chi connectivity index (χ0v) is 37.4. The highest BCUT2D eigenvalue weighted by Crippen LogP contribution is 2.37. The standard InChI is InChI=1S/C49H54ClN5O10/c1-5-6-8-15-33-16-11-12-17-34(33)21-25-41(57)53-37(26-31-18-22-36(56)23-19-31)45(60)49(28-32-13-9-7-10-14-32,48(63)65-30-39-46(61)52-29-42(58)54-39)55(3)47(62)38(51-2)27-35-20-24-40(64-4)44(59)43(35)50/h6-14,16-25,37-39,51,56,59H,5,15,26-30H2,1-4H3,(H,52,61)(H,53,57)(H,54,58). The van der Waals surface area contributed by atoms with Crippen LogP contribution in [-0.2, 0) is 59.2 Å². The topological polar surface area (TPSA) is 213 Å². The van der Waals surface area contributed by atoms with Gasteiger partial charge in [0.25, 0.3) is 0 Å². The maximum atomic E-state index is 15.8. The van der Waals surface area contributed by atoms with Crippen molar-refractivity contribution in [3.05, 3.63) is 142 Å². The lowest BCUT2D eigenvalue weighted by atomic mass is 9.79. The molecular weight excluding hydrogens is 854 g/mol. The highest BCUT2D eigenvalue weighted by Gasteiger charge is 2.56. The second-order valence-electron chi connectivity index (χ2n) is 15.4. The molecule has 4 atom stereocenters. The Hall–Kier alpha value is -6.97. The van der Waals surface area contributed by atoms with Crippen molar-refractivity contribution in [2.24, 2.45) is 0 Å². The smallest absolute Gasteiger partial charge is 0.340 e. The second kappa shape index (κ2) is 23.1. The molecule has 0 bridgehead atoms. The van der Waals surface area contributed by atoms with Gasteiger partial charge in [0.15, 0.2) is 17.3 Å². The number of ether oxygens (including phenoxy) is 2. The monoisotopic (exact) mass is 907 g/mol. The fourth-order valence-electron chi connectivity index (χ4n) is 7.45. The first kappa shape index (κ1) is 49.1. The average molecular weight is 908 g/mol. The van der Waals surface area contributed by atoms with Crippen LogP contribution >= 0.6 is 11.6 Å². The number of esters is 1. The average Bonchev–Trinajstić information content (AvgIpc) is 3.31. The van der Waals surface area contributed by atoms with E-state index in [0.717, 1.165) is 22.4 Å². The molecule has 0 saturated carbocycles. The molecule has 4 amide bonds. The van der Waals surface area contributed by atoms with Crippen LogP contribution in [0, 0.1) is 0 Å². The van der Waals surface area contributed by atoms with Gasteiger partial charge in [-0.15, -0.1) is 0 Å². The Morgan fingerprint density at radius 3 is 2.31 bits per heavy atom. The van der Waals surface area contributed by atoms with Gasteiger partial charge in [-0.3, -0.25) is 24.0 Å². The lowest BCUT2D eigenvalue weighted by molar-refractivity contribution is -0.170. The first-order valence-electron chi connectivity index (χ1n) is 21.0. The molecule has 1 heterocycles. The number of halogens is 1. The van der Waals surface area contributed by atoms with E-state index in [0.29, 0.717) is 23.1 Å². The molecule has 1 fully saturated rings. The molecular formula is C49H54ClN5O10. The summed E-state index contributed by atoms with van der Waals surface area (Å²) in [4.78, 5) is 86.0. The Balaban J connectivity index is 1.63. The number of rotatable bonds is 21. The lowest BCUT2D eigenvalue weighted by Gasteiger charge is -2.42. The number of allylic oxidation sites excluding steroid dienone is 2. The number of nitrogens with one attached hydrogen (secondary N) is 4. The van der Waals surface area contributed by atoms with E-state index in [1.807, 2.05) is 43.3 Å². The summed E-state index contributed by atoms with van der Waals surface area (Å²) < 4.78 is 11.0. The van der Waals surface area contributed by atoms with Crippen LogP contribution in [0.4, 0.5) is 0 Å². The van der Waals surface area contributed by atoms with Gasteiger partial charge in [-0.1, -0.05) is 103 Å². The van der Waals surface area contributed by atoms with Crippen LogP contribution in [0.3, 0.4) is 0 Å². The second-order valence-corrected chi connectivity index (χ2v) is 15.8. The van der Waals surface area contributed by atoms with Gasteiger partial charge in [-0.05, 0) is 84.8 Å². The fourth-order valence-corrected chi connectivity index (χ4v) is 7.68. The maximum Gasteiger partial charge on any atom is 0.340 e. The van der Waals surface area contributed by atoms with Crippen LogP contribution < -0.4 is 26.0 Å². The molecule has 0 aliphatic carbocycles. The number of Topliss-reactive ketones (excluding diaryl/α,β-unsaturated/α-hetero) is 1. The summed E-state index contributed by atoms with van der Waals surface area (Å²) in [6, 6.07) is 20.9. The Bertz CT molecular complexity index is 2410. The Kier molecular flexibility index (Phi) is 17.4. The fraction of sp³-hybridized carbons (Fsp3) is 0.306. The largest absolute Gasteiger partial charge is 0.508 e. The number of carbonyl (C=O) groups is 6. The van der Waals surface area contributed by atoms with Crippen LogP contribution in [0.1, 0.15) is 41.2 Å². The number of nitrogens with zero attached hydrogens (tertiary/aromatic N) is 1. The molecule has 0 radical (unpaired) electrons. The third-order valence-corrected chi connectivity index (χ3v) is 11.5. The first-order valence-corrected chi connectivity index (χ1v) is 21.4. The molecule has 1 aliphatic heterocycles. The first-order chi connectivity index (χ1) is 31.2. The van der Waals surface area contributed by atoms with Crippen molar-refractivity contribution >= 4 is 53.1 Å². The summed E-state index contributed by atoms with van der Waals surface area (Å²) in [6.45, 7) is 1.04. The van der Waals surface area contributed by atoms with Gasteiger partial charge < -0.3 is 45.9 Å². The maximum absolute atomic E-state index is 15.8. The molecule has 4 aromatic carbocycles. The van der Waals surface area contributed by atoms with Gasteiger partial charge in [0, 0.05) is 19.5 Å². The molecule has 15 nitrogen and oxygen atoms in total. The molecule has 65 heavy (non-hydrogen) atoms. The highest BCUT2D eigenvalue weighted by molar-refractivity contribution is 6.33. The minimum atomic E-state index is -2.56. The number of benzene rings is 4. The van der Waals surface area contributed by atoms with E-state index in [1.54, 1.807) is 54.6 Å². The Morgan fingerprint density at radius 1 is 0.908 bits per heavy atom. The quantitative estimate of drug-likeness (QED) is 0.0305. The summed E-state index contributed by atoms with van der Waals surface area (Å²) in [7, 11) is 4.12. The van der Waals surface area contributed by atoms with E-state index in [2.05, 4.69) is 21.3 Å². The molecule has 16 heteroatoms. The van der Waals surface area contributed by atoms with E-state index in [9.17, 15) is 29.4 Å². The summed E-state index contributed by atoms with van der Waals surface area (Å²) >= 11 is 6.54. The van der Waals surface area contributed by atoms with Gasteiger partial charge in [-0.25, -0.2) is 4.79 Å². The zero-order chi connectivity index (χ0) is 47.1. The Labute approximate surface area is 382 Å². The molecule has 5 rings (SSSR count). The van der Waals surface area contributed by atoms with Gasteiger partial charge in [0.05, 0.1) is 30.8 Å². The predicted octanol–water partition coefficient (Wildman–Crippen LogP) is 4.01. The summed E-state index contributed by atoms with van der Waals surface area (Å²) in [5, 5.41) is 31.4.